The third-order valence-electron chi connectivity index (χ3n) is 6.36. The molecule has 0 radical (unpaired) electrons. The Morgan fingerprint density at radius 2 is 1.71 bits per heavy atom. The molecule has 1 aliphatic heterocycles. The molecule has 0 bridgehead atoms. The molecule has 2 aromatic heterocycles. The van der Waals surface area contributed by atoms with E-state index in [-0.39, 0.29) is 23.5 Å². The lowest BCUT2D eigenvalue weighted by atomic mass is 9.96. The van der Waals surface area contributed by atoms with Crippen LogP contribution in [0.25, 0.3) is 5.69 Å². The van der Waals surface area contributed by atoms with E-state index in [9.17, 15) is 14.3 Å². The van der Waals surface area contributed by atoms with Gasteiger partial charge in [0.1, 0.15) is 5.82 Å². The Morgan fingerprint density at radius 1 is 1.03 bits per heavy atom. The number of pyridine rings is 1. The number of nitrogens with one attached hydrogen (secondary N) is 1. The fourth-order valence-corrected chi connectivity index (χ4v) is 5.13. The molecule has 0 saturated carbocycles. The number of hydrogen-bond acceptors (Lipinski definition) is 3. The second-order valence-corrected chi connectivity index (χ2v) is 8.87. The summed E-state index contributed by atoms with van der Waals surface area (Å²) in [7, 11) is 0. The Bertz CT molecular complexity index is 1400. The molecule has 176 valence electrons. The normalized spacial score (nSPS) is 17.5. The van der Waals surface area contributed by atoms with Gasteiger partial charge in [-0.05, 0) is 98.4 Å². The highest BCUT2D eigenvalue weighted by Gasteiger charge is 2.42. The number of thiocarbonyl (C=S) groups is 1. The molecule has 1 aliphatic rings. The summed E-state index contributed by atoms with van der Waals surface area (Å²) in [5, 5.41) is 13.2. The first-order chi connectivity index (χ1) is 16.8. The lowest BCUT2D eigenvalue weighted by Crippen LogP contribution is -2.29. The molecule has 1 saturated heterocycles. The number of carbonyl (C=O) groups is 1. The van der Waals surface area contributed by atoms with Crippen LogP contribution in [0.2, 0.25) is 0 Å². The van der Waals surface area contributed by atoms with Crippen LogP contribution < -0.4 is 10.2 Å². The van der Waals surface area contributed by atoms with Crippen LogP contribution in [0.4, 0.5) is 10.1 Å². The second kappa shape index (κ2) is 8.96. The molecule has 3 heterocycles. The lowest BCUT2D eigenvalue weighted by Gasteiger charge is -2.28. The number of aryl methyl sites for hydroxylation is 1. The van der Waals surface area contributed by atoms with Gasteiger partial charge in [-0.1, -0.05) is 6.07 Å². The van der Waals surface area contributed by atoms with Crippen molar-refractivity contribution in [2.24, 2.45) is 0 Å². The number of halogens is 1. The highest BCUT2D eigenvalue weighted by Crippen LogP contribution is 2.43. The molecule has 1 fully saturated rings. The van der Waals surface area contributed by atoms with E-state index in [1.165, 1.54) is 12.1 Å². The van der Waals surface area contributed by atoms with E-state index < -0.39 is 5.97 Å². The average Bonchev–Trinajstić information content (AvgIpc) is 3.35. The summed E-state index contributed by atoms with van der Waals surface area (Å²) < 4.78 is 15.8. The van der Waals surface area contributed by atoms with Crippen LogP contribution in [0.15, 0.2) is 79.0 Å². The van der Waals surface area contributed by atoms with Gasteiger partial charge in [0.05, 0.1) is 23.3 Å². The summed E-state index contributed by atoms with van der Waals surface area (Å²) >= 11 is 5.76. The molecule has 0 spiro atoms. The first kappa shape index (κ1) is 22.7. The van der Waals surface area contributed by atoms with E-state index in [2.05, 4.69) is 20.9 Å². The lowest BCUT2D eigenvalue weighted by molar-refractivity contribution is 0.0697. The molecule has 4 aromatic rings. The van der Waals surface area contributed by atoms with Gasteiger partial charge in [-0.15, -0.1) is 0 Å². The highest BCUT2D eigenvalue weighted by atomic mass is 32.1. The van der Waals surface area contributed by atoms with Gasteiger partial charge in [-0.25, -0.2) is 9.18 Å². The minimum Gasteiger partial charge on any atom is -0.478 e. The van der Waals surface area contributed by atoms with E-state index in [4.69, 9.17) is 12.2 Å². The number of anilines is 1. The van der Waals surface area contributed by atoms with E-state index in [0.717, 1.165) is 34.0 Å². The minimum atomic E-state index is -0.961. The first-order valence-corrected chi connectivity index (χ1v) is 11.5. The second-order valence-electron chi connectivity index (χ2n) is 8.49. The summed E-state index contributed by atoms with van der Waals surface area (Å²) in [4.78, 5) is 17.9. The van der Waals surface area contributed by atoms with Crippen LogP contribution in [0, 0.1) is 19.7 Å². The summed E-state index contributed by atoms with van der Waals surface area (Å²) in [5.41, 5.74) is 5.76. The number of hydrogen-bond donors (Lipinski definition) is 2. The van der Waals surface area contributed by atoms with E-state index in [1.807, 2.05) is 36.9 Å². The highest BCUT2D eigenvalue weighted by molar-refractivity contribution is 7.80. The number of rotatable bonds is 5. The molecule has 5 rings (SSSR count). The van der Waals surface area contributed by atoms with Gasteiger partial charge >= 0.3 is 5.97 Å². The van der Waals surface area contributed by atoms with Crippen molar-refractivity contribution in [2.75, 3.05) is 4.90 Å². The Morgan fingerprint density at radius 3 is 2.34 bits per heavy atom. The fourth-order valence-electron chi connectivity index (χ4n) is 4.79. The smallest absolute Gasteiger partial charge is 0.335 e. The summed E-state index contributed by atoms with van der Waals surface area (Å²) in [5.74, 6) is -1.27. The van der Waals surface area contributed by atoms with Gasteiger partial charge in [-0.3, -0.25) is 4.98 Å². The van der Waals surface area contributed by atoms with Crippen LogP contribution in [-0.2, 0) is 0 Å². The molecule has 2 aromatic carbocycles. The summed E-state index contributed by atoms with van der Waals surface area (Å²) in [6.45, 7) is 4.05. The quantitative estimate of drug-likeness (QED) is 0.363. The van der Waals surface area contributed by atoms with Gasteiger partial charge in [0.15, 0.2) is 5.11 Å². The Labute approximate surface area is 207 Å². The average molecular weight is 487 g/mol. The van der Waals surface area contributed by atoms with E-state index >= 15 is 0 Å². The zero-order valence-electron chi connectivity index (χ0n) is 19.1. The van der Waals surface area contributed by atoms with Crippen molar-refractivity contribution in [3.63, 3.8) is 0 Å². The molecule has 2 N–H and O–H groups in total. The van der Waals surface area contributed by atoms with Crippen LogP contribution in [0.5, 0.6) is 0 Å². The van der Waals surface area contributed by atoms with Crippen LogP contribution in [-0.4, -0.2) is 25.7 Å². The zero-order valence-corrected chi connectivity index (χ0v) is 20.0. The van der Waals surface area contributed by atoms with Crippen molar-refractivity contribution in [3.05, 3.63) is 113 Å². The monoisotopic (exact) mass is 486 g/mol. The molecule has 6 nitrogen and oxygen atoms in total. The molecule has 0 amide bonds. The van der Waals surface area contributed by atoms with Crippen molar-refractivity contribution >= 4 is 29.0 Å². The molecule has 0 aliphatic carbocycles. The Kier molecular flexibility index (Phi) is 5.82. The van der Waals surface area contributed by atoms with Gasteiger partial charge in [-0.2, -0.15) is 0 Å². The fraction of sp³-hybridized carbons (Fsp3) is 0.148. The largest absolute Gasteiger partial charge is 0.478 e. The molecule has 35 heavy (non-hydrogen) atoms. The first-order valence-electron chi connectivity index (χ1n) is 11.1. The molecular formula is C27H23FN4O2S. The number of carboxylic acids is 1. The van der Waals surface area contributed by atoms with Gasteiger partial charge in [0, 0.05) is 29.0 Å². The number of carboxylic acid groups (broad SMARTS) is 1. The maximum absolute atomic E-state index is 13.7. The molecule has 0 unspecified atom stereocenters. The van der Waals surface area contributed by atoms with Crippen molar-refractivity contribution in [2.45, 2.75) is 25.9 Å². The van der Waals surface area contributed by atoms with Crippen molar-refractivity contribution in [3.8, 4) is 5.69 Å². The van der Waals surface area contributed by atoms with Crippen LogP contribution >= 0.6 is 12.2 Å². The Balaban J connectivity index is 1.65. The number of aromatic nitrogens is 2. The third-order valence-corrected chi connectivity index (χ3v) is 6.68. The van der Waals surface area contributed by atoms with Gasteiger partial charge < -0.3 is 19.9 Å². The van der Waals surface area contributed by atoms with E-state index in [0.29, 0.717) is 5.11 Å². The van der Waals surface area contributed by atoms with Crippen LogP contribution in [0.3, 0.4) is 0 Å². The topological polar surface area (TPSA) is 70.4 Å². The zero-order chi connectivity index (χ0) is 24.7. The maximum atomic E-state index is 13.7. The third kappa shape index (κ3) is 4.06. The predicted molar refractivity (Wildman–Crippen MR) is 137 cm³/mol. The van der Waals surface area contributed by atoms with Crippen molar-refractivity contribution in [1.82, 2.24) is 14.9 Å². The van der Waals surface area contributed by atoms with E-state index in [1.54, 1.807) is 42.6 Å². The van der Waals surface area contributed by atoms with Gasteiger partial charge in [0.2, 0.25) is 0 Å². The summed E-state index contributed by atoms with van der Waals surface area (Å²) in [6, 6.07) is 20.5. The number of aromatic carboxylic acids is 1. The molecular weight excluding hydrogens is 463 g/mol. The Hall–Kier alpha value is -4.04. The standard InChI is InChI=1S/C27H23FN4O2S/c1-16-15-22(17(2)31(16)20-10-6-18(7-11-20)26(33)34)25-24(23-5-3-4-14-29-23)30-27(35)32(25)21-12-8-19(28)9-13-21/h3-15,24-25H,1-2H3,(H,30,35)(H,33,34)/t24-,25-/m0/s1. The maximum Gasteiger partial charge on any atom is 0.335 e. The SMILES string of the molecule is Cc1cc([C@H]2[C@H](c3ccccn3)NC(=S)N2c2ccc(F)cc2)c(C)n1-c1ccc(C(=O)O)cc1. The molecule has 2 atom stereocenters. The van der Waals surface area contributed by atoms with Crippen molar-refractivity contribution < 1.29 is 14.3 Å². The molecule has 8 heteroatoms. The van der Waals surface area contributed by atoms with Crippen LogP contribution in [0.1, 0.15) is 45.1 Å². The van der Waals surface area contributed by atoms with Gasteiger partial charge in [0.25, 0.3) is 0 Å². The number of nitrogens with zero attached hydrogens (tertiary/aromatic N) is 3. The summed E-state index contributed by atoms with van der Waals surface area (Å²) in [6.07, 6.45) is 1.75. The minimum absolute atomic E-state index is 0.225. The predicted octanol–water partition coefficient (Wildman–Crippen LogP) is 5.50. The van der Waals surface area contributed by atoms with Crippen molar-refractivity contribution in [1.29, 1.82) is 0 Å². The number of benzene rings is 2.